The summed E-state index contributed by atoms with van der Waals surface area (Å²) in [5, 5.41) is 13.8. The molecular formula is C17H23NO3S. The van der Waals surface area contributed by atoms with Gasteiger partial charge < -0.3 is 14.8 Å². The Bertz CT molecular complexity index is 646. The van der Waals surface area contributed by atoms with Crippen molar-refractivity contribution < 1.29 is 13.7 Å². The minimum Gasteiger partial charge on any atom is -0.463 e. The fourth-order valence-corrected chi connectivity index (χ4v) is 2.75. The van der Waals surface area contributed by atoms with Crippen LogP contribution in [0.4, 0.5) is 0 Å². The van der Waals surface area contributed by atoms with Crippen LogP contribution in [0.15, 0.2) is 45.7 Å². The van der Waals surface area contributed by atoms with Crippen molar-refractivity contribution >= 4 is 10.8 Å². The number of nitrogens with one attached hydrogen (secondary N) is 1. The minimum atomic E-state index is -1.06. The Morgan fingerprint density at radius 3 is 2.41 bits per heavy atom. The lowest BCUT2D eigenvalue weighted by Gasteiger charge is -2.24. The molecule has 2 rings (SSSR count). The molecule has 0 aliphatic rings. The summed E-state index contributed by atoms with van der Waals surface area (Å²) in [6, 6.07) is 11.4. The molecule has 2 N–H and O–H groups in total. The van der Waals surface area contributed by atoms with Gasteiger partial charge in [-0.15, -0.1) is 0 Å². The molecule has 4 nitrogen and oxygen atoms in total. The quantitative estimate of drug-likeness (QED) is 0.859. The maximum Gasteiger partial charge on any atom is 0.136 e. The molecule has 22 heavy (non-hydrogen) atoms. The van der Waals surface area contributed by atoms with Crippen molar-refractivity contribution in [1.29, 1.82) is 0 Å². The predicted octanol–water partition coefficient (Wildman–Crippen LogP) is 2.88. The SMILES string of the molecule is Cc1ccc(C(C)(O)CNC(C)c2ccc(S(C)=O)cc2)o1. The smallest absolute Gasteiger partial charge is 0.136 e. The van der Waals surface area contributed by atoms with Crippen LogP contribution < -0.4 is 5.32 Å². The molecule has 0 saturated heterocycles. The number of rotatable bonds is 6. The summed E-state index contributed by atoms with van der Waals surface area (Å²) in [6.45, 7) is 5.99. The highest BCUT2D eigenvalue weighted by molar-refractivity contribution is 7.84. The summed E-state index contributed by atoms with van der Waals surface area (Å²) < 4.78 is 16.9. The molecule has 0 aliphatic heterocycles. The highest BCUT2D eigenvalue weighted by atomic mass is 32.2. The predicted molar refractivity (Wildman–Crippen MR) is 88.2 cm³/mol. The van der Waals surface area contributed by atoms with Gasteiger partial charge in [0.2, 0.25) is 0 Å². The van der Waals surface area contributed by atoms with Crippen LogP contribution in [0, 0.1) is 6.92 Å². The Morgan fingerprint density at radius 2 is 1.91 bits per heavy atom. The molecule has 120 valence electrons. The Kier molecular flexibility index (Phi) is 5.21. The maximum atomic E-state index is 11.4. The van der Waals surface area contributed by atoms with E-state index >= 15 is 0 Å². The molecular weight excluding hydrogens is 298 g/mol. The monoisotopic (exact) mass is 321 g/mol. The molecule has 0 spiro atoms. The van der Waals surface area contributed by atoms with Crippen molar-refractivity contribution in [3.63, 3.8) is 0 Å². The lowest BCUT2D eigenvalue weighted by molar-refractivity contribution is 0.0313. The van der Waals surface area contributed by atoms with Gasteiger partial charge >= 0.3 is 0 Å². The van der Waals surface area contributed by atoms with E-state index in [-0.39, 0.29) is 6.04 Å². The van der Waals surface area contributed by atoms with Crippen LogP contribution in [-0.2, 0) is 16.4 Å². The summed E-state index contributed by atoms with van der Waals surface area (Å²) in [5.74, 6) is 1.34. The summed E-state index contributed by atoms with van der Waals surface area (Å²) in [4.78, 5) is 0.814. The first-order chi connectivity index (χ1) is 10.3. The average molecular weight is 321 g/mol. The van der Waals surface area contributed by atoms with E-state index in [0.717, 1.165) is 16.2 Å². The standard InChI is InChI=1S/C17H23NO3S/c1-12-5-10-16(21-12)17(3,19)11-18-13(2)14-6-8-15(9-7-14)22(4)20/h5-10,13,18-19H,11H2,1-4H3. The number of benzene rings is 1. The van der Waals surface area contributed by atoms with Gasteiger partial charge in [0.25, 0.3) is 0 Å². The van der Waals surface area contributed by atoms with Crippen molar-refractivity contribution in [3.8, 4) is 0 Å². The lowest BCUT2D eigenvalue weighted by atomic mass is 10.0. The Morgan fingerprint density at radius 1 is 1.27 bits per heavy atom. The van der Waals surface area contributed by atoms with E-state index in [2.05, 4.69) is 5.32 Å². The molecule has 0 saturated carbocycles. The highest BCUT2D eigenvalue weighted by Crippen LogP contribution is 2.23. The molecule has 0 aliphatic carbocycles. The third-order valence-corrected chi connectivity index (χ3v) is 4.67. The van der Waals surface area contributed by atoms with Crippen LogP contribution in [0.1, 0.15) is 37.0 Å². The zero-order chi connectivity index (χ0) is 16.3. The van der Waals surface area contributed by atoms with Gasteiger partial charge in [0, 0.05) is 34.5 Å². The summed E-state index contributed by atoms with van der Waals surface area (Å²) in [7, 11) is -0.964. The van der Waals surface area contributed by atoms with E-state index in [0.29, 0.717) is 12.3 Å². The zero-order valence-electron chi connectivity index (χ0n) is 13.4. The van der Waals surface area contributed by atoms with Gasteiger partial charge in [-0.2, -0.15) is 0 Å². The zero-order valence-corrected chi connectivity index (χ0v) is 14.2. The first-order valence-corrected chi connectivity index (χ1v) is 8.81. The first-order valence-electron chi connectivity index (χ1n) is 7.25. The second kappa shape index (κ2) is 6.77. The fourth-order valence-electron chi connectivity index (χ4n) is 2.23. The lowest BCUT2D eigenvalue weighted by Crippen LogP contribution is -2.36. The van der Waals surface area contributed by atoms with Gasteiger partial charge in [-0.25, -0.2) is 0 Å². The second-order valence-electron chi connectivity index (χ2n) is 5.81. The molecule has 1 aromatic heterocycles. The van der Waals surface area contributed by atoms with Gasteiger partial charge in [-0.3, -0.25) is 4.21 Å². The van der Waals surface area contributed by atoms with Crippen LogP contribution in [0.2, 0.25) is 0 Å². The third-order valence-electron chi connectivity index (χ3n) is 3.74. The van der Waals surface area contributed by atoms with Crippen LogP contribution in [-0.4, -0.2) is 22.1 Å². The average Bonchev–Trinajstić information content (AvgIpc) is 2.92. The Labute approximate surface area is 134 Å². The minimum absolute atomic E-state index is 0.0712. The van der Waals surface area contributed by atoms with Crippen molar-refractivity contribution in [1.82, 2.24) is 5.32 Å². The van der Waals surface area contributed by atoms with Gasteiger partial charge in [0.15, 0.2) is 0 Å². The molecule has 3 unspecified atom stereocenters. The summed E-state index contributed by atoms with van der Waals surface area (Å²) >= 11 is 0. The van der Waals surface area contributed by atoms with E-state index in [1.165, 1.54) is 0 Å². The van der Waals surface area contributed by atoms with E-state index in [1.54, 1.807) is 19.2 Å². The molecule has 0 amide bonds. The van der Waals surface area contributed by atoms with Crippen molar-refractivity contribution in [2.24, 2.45) is 0 Å². The number of aryl methyl sites for hydroxylation is 1. The number of hydrogen-bond donors (Lipinski definition) is 2. The fraction of sp³-hybridized carbons (Fsp3) is 0.412. The molecule has 1 heterocycles. The van der Waals surface area contributed by atoms with Gasteiger partial charge in [0.1, 0.15) is 17.1 Å². The molecule has 1 aromatic carbocycles. The van der Waals surface area contributed by atoms with Crippen LogP contribution >= 0.6 is 0 Å². The topological polar surface area (TPSA) is 62.5 Å². The second-order valence-corrected chi connectivity index (χ2v) is 7.19. The molecule has 3 atom stereocenters. The van der Waals surface area contributed by atoms with E-state index < -0.39 is 16.4 Å². The molecule has 0 radical (unpaired) electrons. The highest BCUT2D eigenvalue weighted by Gasteiger charge is 2.27. The molecule has 0 bridgehead atoms. The van der Waals surface area contributed by atoms with Gasteiger partial charge in [-0.05, 0) is 50.6 Å². The van der Waals surface area contributed by atoms with Crippen molar-refractivity contribution in [3.05, 3.63) is 53.5 Å². The number of hydrogen-bond acceptors (Lipinski definition) is 4. The summed E-state index contributed by atoms with van der Waals surface area (Å²) in [6.07, 6.45) is 1.67. The van der Waals surface area contributed by atoms with Gasteiger partial charge in [0.05, 0.1) is 0 Å². The summed E-state index contributed by atoms with van der Waals surface area (Å²) in [5.41, 5.74) is 0.0218. The van der Waals surface area contributed by atoms with E-state index in [9.17, 15) is 9.32 Å². The van der Waals surface area contributed by atoms with E-state index in [4.69, 9.17) is 4.42 Å². The third kappa shape index (κ3) is 4.06. The largest absolute Gasteiger partial charge is 0.463 e. The van der Waals surface area contributed by atoms with E-state index in [1.807, 2.05) is 44.2 Å². The number of aliphatic hydroxyl groups is 1. The van der Waals surface area contributed by atoms with Crippen LogP contribution in [0.25, 0.3) is 0 Å². The Hall–Kier alpha value is -1.43. The Balaban J connectivity index is 1.99. The number of furan rings is 1. The van der Waals surface area contributed by atoms with Crippen LogP contribution in [0.3, 0.4) is 0 Å². The van der Waals surface area contributed by atoms with Gasteiger partial charge in [-0.1, -0.05) is 12.1 Å². The first kappa shape index (κ1) is 16.9. The molecule has 5 heteroatoms. The van der Waals surface area contributed by atoms with Crippen LogP contribution in [0.5, 0.6) is 0 Å². The van der Waals surface area contributed by atoms with Crippen molar-refractivity contribution in [2.45, 2.75) is 37.3 Å². The normalized spacial score (nSPS) is 17.0. The molecule has 0 fully saturated rings. The maximum absolute atomic E-state index is 11.4. The van der Waals surface area contributed by atoms with Crippen molar-refractivity contribution in [2.75, 3.05) is 12.8 Å². The molecule has 2 aromatic rings.